The zero-order chi connectivity index (χ0) is 13.8. The largest absolute Gasteiger partial charge is 0.380 e. The third-order valence-electron chi connectivity index (χ3n) is 2.92. The van der Waals surface area contributed by atoms with E-state index < -0.39 is 6.04 Å². The number of rotatable bonds is 5. The summed E-state index contributed by atoms with van der Waals surface area (Å²) in [4.78, 5) is 25.4. The maximum absolute atomic E-state index is 12.2. The van der Waals surface area contributed by atoms with Crippen molar-refractivity contribution >= 4 is 11.8 Å². The maximum Gasteiger partial charge on any atom is 0.246 e. The topological polar surface area (TPSA) is 58.6 Å². The van der Waals surface area contributed by atoms with E-state index in [1.165, 1.54) is 0 Å². The highest BCUT2D eigenvalue weighted by molar-refractivity contribution is 5.95. The number of nitrogens with zero attached hydrogens (tertiary/aromatic N) is 1. The highest BCUT2D eigenvalue weighted by atomic mass is 16.5. The molecule has 2 amide bonds. The van der Waals surface area contributed by atoms with Gasteiger partial charge in [-0.25, -0.2) is 0 Å². The number of amides is 2. The van der Waals surface area contributed by atoms with Gasteiger partial charge in [0.05, 0.1) is 13.2 Å². The number of hydrogen-bond donors (Lipinski definition) is 1. The number of piperazine rings is 1. The van der Waals surface area contributed by atoms with E-state index in [4.69, 9.17) is 4.74 Å². The van der Waals surface area contributed by atoms with Crippen LogP contribution in [0.5, 0.6) is 0 Å². The molecule has 0 bridgehead atoms. The molecule has 1 heterocycles. The highest BCUT2D eigenvalue weighted by Crippen LogP contribution is 2.23. The van der Waals surface area contributed by atoms with Gasteiger partial charge in [0.1, 0.15) is 6.04 Å². The molecule has 1 fully saturated rings. The van der Waals surface area contributed by atoms with Gasteiger partial charge >= 0.3 is 0 Å². The van der Waals surface area contributed by atoms with Crippen LogP contribution in [0, 0.1) is 5.41 Å². The van der Waals surface area contributed by atoms with Gasteiger partial charge in [-0.2, -0.15) is 0 Å². The minimum absolute atomic E-state index is 0.0119. The molecule has 5 heteroatoms. The predicted molar refractivity (Wildman–Crippen MR) is 69.1 cm³/mol. The van der Waals surface area contributed by atoms with Crippen molar-refractivity contribution in [3.8, 4) is 0 Å². The third-order valence-corrected chi connectivity index (χ3v) is 2.92. The quantitative estimate of drug-likeness (QED) is 0.740. The number of hydrogen-bond acceptors (Lipinski definition) is 3. The lowest BCUT2D eigenvalue weighted by Gasteiger charge is -2.38. The molecule has 1 unspecified atom stereocenters. The van der Waals surface area contributed by atoms with Gasteiger partial charge in [0, 0.05) is 13.2 Å². The summed E-state index contributed by atoms with van der Waals surface area (Å²) in [5, 5.41) is 2.77. The van der Waals surface area contributed by atoms with Gasteiger partial charge in [-0.1, -0.05) is 27.7 Å². The fraction of sp³-hybridized carbons (Fsp3) is 0.846. The van der Waals surface area contributed by atoms with E-state index in [-0.39, 0.29) is 23.8 Å². The second-order valence-corrected chi connectivity index (χ2v) is 5.74. The van der Waals surface area contributed by atoms with Crippen molar-refractivity contribution in [3.63, 3.8) is 0 Å². The first kappa shape index (κ1) is 15.0. The molecule has 0 radical (unpaired) electrons. The first-order valence-electron chi connectivity index (χ1n) is 6.52. The van der Waals surface area contributed by atoms with E-state index in [2.05, 4.69) is 5.32 Å². The first-order chi connectivity index (χ1) is 8.36. The molecule has 5 nitrogen and oxygen atoms in total. The van der Waals surface area contributed by atoms with Gasteiger partial charge in [-0.3, -0.25) is 9.59 Å². The summed E-state index contributed by atoms with van der Waals surface area (Å²) in [5.41, 5.74) is -0.268. The van der Waals surface area contributed by atoms with E-state index in [1.807, 2.05) is 27.7 Å². The summed E-state index contributed by atoms with van der Waals surface area (Å²) in [6.45, 7) is 9.70. The van der Waals surface area contributed by atoms with E-state index in [1.54, 1.807) is 4.90 Å². The first-order valence-corrected chi connectivity index (χ1v) is 6.52. The lowest BCUT2D eigenvalue weighted by molar-refractivity contribution is -0.148. The van der Waals surface area contributed by atoms with Crippen LogP contribution in [0.1, 0.15) is 34.1 Å². The van der Waals surface area contributed by atoms with Crippen LogP contribution >= 0.6 is 0 Å². The Morgan fingerprint density at radius 1 is 1.33 bits per heavy atom. The van der Waals surface area contributed by atoms with E-state index in [0.29, 0.717) is 19.8 Å². The third kappa shape index (κ3) is 3.98. The summed E-state index contributed by atoms with van der Waals surface area (Å²) in [6.07, 6.45) is 0.957. The Kier molecular flexibility index (Phi) is 5.14. The Morgan fingerprint density at radius 2 is 2.00 bits per heavy atom. The van der Waals surface area contributed by atoms with Crippen LogP contribution in [0.2, 0.25) is 0 Å². The fourth-order valence-corrected chi connectivity index (χ4v) is 1.90. The standard InChI is InChI=1S/C13H24N2O3/c1-5-7-18-8-6-15-9-10(16)14-11(12(15)17)13(2,3)4/h11H,5-9H2,1-4H3,(H,14,16). The number of carbonyl (C=O) groups excluding carboxylic acids is 2. The monoisotopic (exact) mass is 256 g/mol. The van der Waals surface area contributed by atoms with E-state index >= 15 is 0 Å². The van der Waals surface area contributed by atoms with Crippen molar-refractivity contribution in [3.05, 3.63) is 0 Å². The van der Waals surface area contributed by atoms with Crippen molar-refractivity contribution in [2.75, 3.05) is 26.3 Å². The van der Waals surface area contributed by atoms with E-state index in [9.17, 15) is 9.59 Å². The second kappa shape index (κ2) is 6.18. The molecular formula is C13H24N2O3. The Labute approximate surface area is 109 Å². The van der Waals surface area contributed by atoms with Crippen molar-refractivity contribution in [2.45, 2.75) is 40.2 Å². The second-order valence-electron chi connectivity index (χ2n) is 5.74. The van der Waals surface area contributed by atoms with Gasteiger partial charge in [0.2, 0.25) is 11.8 Å². The molecule has 0 aromatic rings. The lowest BCUT2D eigenvalue weighted by atomic mass is 9.85. The minimum Gasteiger partial charge on any atom is -0.380 e. The Bertz CT molecular complexity index is 310. The highest BCUT2D eigenvalue weighted by Gasteiger charge is 2.39. The summed E-state index contributed by atoms with van der Waals surface area (Å²) in [6, 6.07) is -0.440. The molecule has 104 valence electrons. The minimum atomic E-state index is -0.440. The number of carbonyl (C=O) groups is 2. The number of ether oxygens (including phenoxy) is 1. The summed E-state index contributed by atoms with van der Waals surface area (Å²) in [5.74, 6) is -0.104. The summed E-state index contributed by atoms with van der Waals surface area (Å²) >= 11 is 0. The molecule has 0 spiro atoms. The van der Waals surface area contributed by atoms with Crippen molar-refractivity contribution in [1.29, 1.82) is 0 Å². The number of nitrogens with one attached hydrogen (secondary N) is 1. The molecule has 1 aliphatic rings. The molecule has 1 aliphatic heterocycles. The molecule has 0 aromatic heterocycles. The molecule has 1 N–H and O–H groups in total. The Morgan fingerprint density at radius 3 is 2.56 bits per heavy atom. The van der Waals surface area contributed by atoms with Crippen LogP contribution in [0.3, 0.4) is 0 Å². The van der Waals surface area contributed by atoms with Crippen molar-refractivity contribution in [2.24, 2.45) is 5.41 Å². The lowest BCUT2D eigenvalue weighted by Crippen LogP contribution is -2.62. The van der Waals surface area contributed by atoms with Crippen molar-refractivity contribution < 1.29 is 14.3 Å². The Hall–Kier alpha value is -1.10. The normalized spacial score (nSPS) is 21.1. The predicted octanol–water partition coefficient (Wildman–Crippen LogP) is 0.786. The van der Waals surface area contributed by atoms with Crippen molar-refractivity contribution in [1.82, 2.24) is 10.2 Å². The molecule has 18 heavy (non-hydrogen) atoms. The average Bonchev–Trinajstić information content (AvgIpc) is 2.27. The van der Waals surface area contributed by atoms with Crippen LogP contribution in [0.25, 0.3) is 0 Å². The Balaban J connectivity index is 2.57. The molecular weight excluding hydrogens is 232 g/mol. The zero-order valence-electron chi connectivity index (χ0n) is 11.8. The smallest absolute Gasteiger partial charge is 0.246 e. The zero-order valence-corrected chi connectivity index (χ0v) is 11.8. The van der Waals surface area contributed by atoms with Gasteiger partial charge in [0.25, 0.3) is 0 Å². The maximum atomic E-state index is 12.2. The van der Waals surface area contributed by atoms with Crippen LogP contribution in [-0.4, -0.2) is 49.1 Å². The molecule has 1 atom stereocenters. The fourth-order valence-electron chi connectivity index (χ4n) is 1.90. The summed E-state index contributed by atoms with van der Waals surface area (Å²) < 4.78 is 5.36. The summed E-state index contributed by atoms with van der Waals surface area (Å²) in [7, 11) is 0. The van der Waals surface area contributed by atoms with Gasteiger partial charge < -0.3 is 15.0 Å². The molecule has 0 saturated carbocycles. The molecule has 0 aliphatic carbocycles. The van der Waals surface area contributed by atoms with Gasteiger partial charge in [-0.05, 0) is 11.8 Å². The van der Waals surface area contributed by atoms with Gasteiger partial charge in [-0.15, -0.1) is 0 Å². The van der Waals surface area contributed by atoms with Crippen LogP contribution < -0.4 is 5.32 Å². The van der Waals surface area contributed by atoms with E-state index in [0.717, 1.165) is 6.42 Å². The van der Waals surface area contributed by atoms with Crippen LogP contribution in [-0.2, 0) is 14.3 Å². The van der Waals surface area contributed by atoms with Crippen LogP contribution in [0.15, 0.2) is 0 Å². The molecule has 0 aromatic carbocycles. The molecule has 1 rings (SSSR count). The van der Waals surface area contributed by atoms with Crippen LogP contribution in [0.4, 0.5) is 0 Å². The SMILES string of the molecule is CCCOCCN1CC(=O)NC(C(C)(C)C)C1=O. The van der Waals surface area contributed by atoms with Gasteiger partial charge in [0.15, 0.2) is 0 Å². The average molecular weight is 256 g/mol. The molecule has 1 saturated heterocycles.